The van der Waals surface area contributed by atoms with E-state index in [1.807, 2.05) is 16.7 Å². The molecule has 1 unspecified atom stereocenters. The van der Waals surface area contributed by atoms with Gasteiger partial charge in [-0.1, -0.05) is 6.07 Å². The van der Waals surface area contributed by atoms with Crippen LogP contribution in [0.3, 0.4) is 0 Å². The molecule has 0 spiro atoms. The van der Waals surface area contributed by atoms with Gasteiger partial charge in [0.25, 0.3) is 0 Å². The van der Waals surface area contributed by atoms with Gasteiger partial charge in [-0.15, -0.1) is 0 Å². The van der Waals surface area contributed by atoms with E-state index in [-0.39, 0.29) is 30.1 Å². The number of halogens is 2. The number of likely N-dealkylation sites (tertiary alicyclic amines) is 1. The van der Waals surface area contributed by atoms with Crippen molar-refractivity contribution in [2.24, 2.45) is 0 Å². The third-order valence-corrected chi connectivity index (χ3v) is 6.19. The fraction of sp³-hybridized carbons (Fsp3) is 0.600. The molecule has 148 valence electrons. The van der Waals surface area contributed by atoms with Crippen LogP contribution in [0, 0.1) is 5.82 Å². The highest BCUT2D eigenvalue weighted by atomic mass is 79.9. The van der Waals surface area contributed by atoms with Gasteiger partial charge in [-0.2, -0.15) is 0 Å². The van der Waals surface area contributed by atoms with E-state index in [0.717, 1.165) is 31.5 Å². The van der Waals surface area contributed by atoms with Gasteiger partial charge >= 0.3 is 0 Å². The van der Waals surface area contributed by atoms with Crippen LogP contribution < -0.4 is 0 Å². The number of nitrogens with zero attached hydrogens (tertiary/aromatic N) is 3. The lowest BCUT2D eigenvalue weighted by atomic mass is 10.1. The molecule has 2 heterocycles. The second-order valence-electron chi connectivity index (χ2n) is 7.40. The Morgan fingerprint density at radius 3 is 2.33 bits per heavy atom. The number of carbonyl (C=O) groups is 2. The van der Waals surface area contributed by atoms with Crippen LogP contribution in [0.4, 0.5) is 4.39 Å². The summed E-state index contributed by atoms with van der Waals surface area (Å²) in [4.78, 5) is 31.2. The molecular weight excluding hydrogens is 413 g/mol. The number of hydrogen-bond acceptors (Lipinski definition) is 3. The third kappa shape index (κ3) is 5.08. The van der Waals surface area contributed by atoms with Crippen molar-refractivity contribution >= 4 is 27.7 Å². The van der Waals surface area contributed by atoms with E-state index >= 15 is 0 Å². The molecule has 2 amide bonds. The molecule has 1 atom stereocenters. The molecule has 0 saturated carbocycles. The maximum atomic E-state index is 13.3. The van der Waals surface area contributed by atoms with E-state index < -0.39 is 0 Å². The quantitative estimate of drug-likeness (QED) is 0.724. The van der Waals surface area contributed by atoms with Gasteiger partial charge in [0.05, 0.1) is 16.9 Å². The van der Waals surface area contributed by atoms with Crippen LogP contribution in [0.15, 0.2) is 22.7 Å². The molecule has 1 aromatic carbocycles. The molecule has 0 radical (unpaired) electrons. The summed E-state index contributed by atoms with van der Waals surface area (Å²) in [5.74, 6) is -0.0685. The van der Waals surface area contributed by atoms with E-state index in [1.54, 1.807) is 12.1 Å². The standard InChI is InChI=1S/C20H27BrFN3O2/c1-15(20(27)25-7-3-2-4-8-25)23-9-11-24(12-10-23)19(26)14-16-5-6-18(22)17(21)13-16/h5-6,13,15H,2-4,7-12,14H2,1H3. The normalized spacial score (nSPS) is 19.8. The SMILES string of the molecule is CC(C(=O)N1CCCCC1)N1CCN(C(=O)Cc2ccc(F)c(Br)c2)CC1. The number of carbonyl (C=O) groups excluding carboxylic acids is 2. The molecular formula is C20H27BrFN3O2. The van der Waals surface area contributed by atoms with Crippen molar-refractivity contribution in [2.75, 3.05) is 39.3 Å². The Labute approximate surface area is 168 Å². The predicted molar refractivity (Wildman–Crippen MR) is 106 cm³/mol. The van der Waals surface area contributed by atoms with Gasteiger partial charge < -0.3 is 9.80 Å². The lowest BCUT2D eigenvalue weighted by Crippen LogP contribution is -2.56. The third-order valence-electron chi connectivity index (χ3n) is 5.58. The minimum Gasteiger partial charge on any atom is -0.341 e. The Balaban J connectivity index is 1.49. The lowest BCUT2D eigenvalue weighted by molar-refractivity contribution is -0.139. The summed E-state index contributed by atoms with van der Waals surface area (Å²) >= 11 is 3.16. The average Bonchev–Trinajstić information content (AvgIpc) is 2.70. The van der Waals surface area contributed by atoms with Gasteiger partial charge in [0, 0.05) is 39.3 Å². The number of piperazine rings is 1. The fourth-order valence-electron chi connectivity index (χ4n) is 3.83. The van der Waals surface area contributed by atoms with E-state index in [9.17, 15) is 14.0 Å². The first-order valence-corrected chi connectivity index (χ1v) is 10.5. The summed E-state index contributed by atoms with van der Waals surface area (Å²) in [6.45, 7) is 6.38. The van der Waals surface area contributed by atoms with Crippen LogP contribution in [0.1, 0.15) is 31.7 Å². The first-order valence-electron chi connectivity index (χ1n) is 9.70. The highest BCUT2D eigenvalue weighted by Gasteiger charge is 2.30. The number of rotatable bonds is 4. The van der Waals surface area contributed by atoms with Crippen LogP contribution in [-0.2, 0) is 16.0 Å². The second-order valence-corrected chi connectivity index (χ2v) is 8.26. The summed E-state index contributed by atoms with van der Waals surface area (Å²) in [7, 11) is 0. The Kier molecular flexibility index (Phi) is 6.87. The highest BCUT2D eigenvalue weighted by Crippen LogP contribution is 2.18. The number of amides is 2. The van der Waals surface area contributed by atoms with E-state index in [2.05, 4.69) is 20.8 Å². The molecule has 27 heavy (non-hydrogen) atoms. The van der Waals surface area contributed by atoms with E-state index in [0.29, 0.717) is 30.7 Å². The highest BCUT2D eigenvalue weighted by molar-refractivity contribution is 9.10. The van der Waals surface area contributed by atoms with Crippen molar-refractivity contribution in [3.8, 4) is 0 Å². The van der Waals surface area contributed by atoms with Crippen LogP contribution in [-0.4, -0.2) is 71.8 Å². The number of hydrogen-bond donors (Lipinski definition) is 0. The van der Waals surface area contributed by atoms with Gasteiger partial charge in [0.1, 0.15) is 5.82 Å². The summed E-state index contributed by atoms with van der Waals surface area (Å²) in [5, 5.41) is 0. The molecule has 0 bridgehead atoms. The van der Waals surface area contributed by atoms with Crippen molar-refractivity contribution in [1.82, 2.24) is 14.7 Å². The van der Waals surface area contributed by atoms with Gasteiger partial charge in [0.2, 0.25) is 11.8 Å². The molecule has 2 fully saturated rings. The molecule has 0 N–H and O–H groups in total. The molecule has 0 aliphatic carbocycles. The molecule has 1 aromatic rings. The van der Waals surface area contributed by atoms with Crippen LogP contribution in [0.5, 0.6) is 0 Å². The average molecular weight is 440 g/mol. The Bertz CT molecular complexity index is 686. The van der Waals surface area contributed by atoms with Crippen molar-refractivity contribution < 1.29 is 14.0 Å². The molecule has 2 aliphatic rings. The molecule has 7 heteroatoms. The molecule has 3 rings (SSSR count). The monoisotopic (exact) mass is 439 g/mol. The van der Waals surface area contributed by atoms with Crippen molar-refractivity contribution in [3.05, 3.63) is 34.1 Å². The largest absolute Gasteiger partial charge is 0.341 e. The van der Waals surface area contributed by atoms with Gasteiger partial charge in [-0.05, 0) is 59.8 Å². The Hall–Kier alpha value is -1.47. The number of piperidine rings is 1. The topological polar surface area (TPSA) is 43.9 Å². The lowest BCUT2D eigenvalue weighted by Gasteiger charge is -2.39. The Morgan fingerprint density at radius 2 is 1.70 bits per heavy atom. The van der Waals surface area contributed by atoms with E-state index in [4.69, 9.17) is 0 Å². The van der Waals surface area contributed by atoms with Crippen LogP contribution in [0.25, 0.3) is 0 Å². The van der Waals surface area contributed by atoms with Crippen molar-refractivity contribution in [2.45, 2.75) is 38.6 Å². The van der Waals surface area contributed by atoms with Gasteiger partial charge in [-0.3, -0.25) is 14.5 Å². The zero-order valence-corrected chi connectivity index (χ0v) is 17.4. The zero-order chi connectivity index (χ0) is 19.4. The smallest absolute Gasteiger partial charge is 0.239 e. The van der Waals surface area contributed by atoms with E-state index in [1.165, 1.54) is 12.5 Å². The molecule has 5 nitrogen and oxygen atoms in total. The first kappa shape index (κ1) is 20.3. The predicted octanol–water partition coefficient (Wildman–Crippen LogP) is 2.68. The molecule has 2 aliphatic heterocycles. The van der Waals surface area contributed by atoms with Gasteiger partial charge in [0.15, 0.2) is 0 Å². The maximum absolute atomic E-state index is 13.3. The van der Waals surface area contributed by atoms with Crippen molar-refractivity contribution in [1.29, 1.82) is 0 Å². The molecule has 0 aromatic heterocycles. The maximum Gasteiger partial charge on any atom is 0.239 e. The Morgan fingerprint density at radius 1 is 1.04 bits per heavy atom. The van der Waals surface area contributed by atoms with Crippen LogP contribution in [0.2, 0.25) is 0 Å². The summed E-state index contributed by atoms with van der Waals surface area (Å²) in [6, 6.07) is 4.54. The minimum absolute atomic E-state index is 0.0446. The number of benzene rings is 1. The summed E-state index contributed by atoms with van der Waals surface area (Å²) in [6.07, 6.45) is 3.67. The van der Waals surface area contributed by atoms with Crippen molar-refractivity contribution in [3.63, 3.8) is 0 Å². The van der Waals surface area contributed by atoms with Gasteiger partial charge in [-0.25, -0.2) is 4.39 Å². The summed E-state index contributed by atoms with van der Waals surface area (Å²) in [5.41, 5.74) is 0.796. The summed E-state index contributed by atoms with van der Waals surface area (Å²) < 4.78 is 13.7. The minimum atomic E-state index is -0.327. The zero-order valence-electron chi connectivity index (χ0n) is 15.8. The molecule has 2 saturated heterocycles. The first-order chi connectivity index (χ1) is 13.0. The fourth-order valence-corrected chi connectivity index (χ4v) is 4.26. The van der Waals surface area contributed by atoms with Crippen LogP contribution >= 0.6 is 15.9 Å². The second kappa shape index (κ2) is 9.15.